The van der Waals surface area contributed by atoms with Crippen molar-refractivity contribution in [1.82, 2.24) is 14.5 Å². The molecule has 1 N–H and O–H groups in total. The molecule has 5 heteroatoms. The molecule has 0 aliphatic carbocycles. The Morgan fingerprint density at radius 1 is 1.19 bits per heavy atom. The Kier molecular flexibility index (Phi) is 4.20. The van der Waals surface area contributed by atoms with Crippen LogP contribution in [0.1, 0.15) is 12.2 Å². The number of benzene rings is 1. The molecule has 0 radical (unpaired) electrons. The number of fused-ring (bicyclic) bond motifs is 1. The molecule has 0 fully saturated rings. The molecule has 0 aliphatic rings. The Morgan fingerprint density at radius 2 is 2.05 bits per heavy atom. The van der Waals surface area contributed by atoms with Gasteiger partial charge in [0.25, 0.3) is 0 Å². The van der Waals surface area contributed by atoms with Gasteiger partial charge in [-0.05, 0) is 53.5 Å². The molecule has 0 atom stereocenters. The van der Waals surface area contributed by atoms with Gasteiger partial charge in [-0.25, -0.2) is 9.97 Å². The molecule has 4 nitrogen and oxygen atoms in total. The quantitative estimate of drug-likeness (QED) is 0.711. The van der Waals surface area contributed by atoms with E-state index in [9.17, 15) is 0 Å². The van der Waals surface area contributed by atoms with Gasteiger partial charge in [0.15, 0.2) is 0 Å². The molecule has 108 valence electrons. The fourth-order valence-electron chi connectivity index (χ4n) is 2.41. The van der Waals surface area contributed by atoms with Crippen LogP contribution >= 0.6 is 15.9 Å². The van der Waals surface area contributed by atoms with Crippen molar-refractivity contribution < 1.29 is 0 Å². The second-order valence-corrected chi connectivity index (χ2v) is 5.86. The molecule has 2 aromatic heterocycles. The minimum absolute atomic E-state index is 0.889. The third-order valence-corrected chi connectivity index (χ3v) is 3.91. The fourth-order valence-corrected chi connectivity index (χ4v) is 2.65. The van der Waals surface area contributed by atoms with Gasteiger partial charge in [-0.2, -0.15) is 0 Å². The molecule has 0 saturated heterocycles. The number of imidazole rings is 1. The van der Waals surface area contributed by atoms with Crippen molar-refractivity contribution >= 4 is 32.8 Å². The summed E-state index contributed by atoms with van der Waals surface area (Å²) in [6.07, 6.45) is 2.83. The SMILES string of the molecule is Cc1nc2ccccc2n1CCCNc1ccc(Br)cn1. The average molecular weight is 345 g/mol. The number of nitrogens with zero attached hydrogens (tertiary/aromatic N) is 3. The van der Waals surface area contributed by atoms with E-state index in [0.717, 1.165) is 41.1 Å². The molecular weight excluding hydrogens is 328 g/mol. The van der Waals surface area contributed by atoms with E-state index in [1.807, 2.05) is 18.2 Å². The van der Waals surface area contributed by atoms with Crippen molar-refractivity contribution in [3.05, 3.63) is 52.9 Å². The van der Waals surface area contributed by atoms with Gasteiger partial charge in [0.05, 0.1) is 11.0 Å². The molecule has 0 aliphatic heterocycles. The first-order chi connectivity index (χ1) is 10.2. The van der Waals surface area contributed by atoms with E-state index >= 15 is 0 Å². The Hall–Kier alpha value is -1.88. The van der Waals surface area contributed by atoms with E-state index in [4.69, 9.17) is 0 Å². The van der Waals surface area contributed by atoms with Gasteiger partial charge in [0.1, 0.15) is 11.6 Å². The smallest absolute Gasteiger partial charge is 0.125 e. The summed E-state index contributed by atoms with van der Waals surface area (Å²) < 4.78 is 3.26. The van der Waals surface area contributed by atoms with Crippen LogP contribution in [0.5, 0.6) is 0 Å². The van der Waals surface area contributed by atoms with Crippen LogP contribution in [0, 0.1) is 6.92 Å². The monoisotopic (exact) mass is 344 g/mol. The Balaban J connectivity index is 1.59. The van der Waals surface area contributed by atoms with E-state index in [1.165, 1.54) is 5.52 Å². The summed E-state index contributed by atoms with van der Waals surface area (Å²) in [5.41, 5.74) is 2.27. The standard InChI is InChI=1S/C16H17BrN4/c1-12-20-14-5-2-3-6-15(14)21(12)10-4-9-18-16-8-7-13(17)11-19-16/h2-3,5-8,11H,4,9-10H2,1H3,(H,18,19). The molecule has 0 saturated carbocycles. The lowest BCUT2D eigenvalue weighted by Gasteiger charge is -2.08. The number of pyridine rings is 1. The second-order valence-electron chi connectivity index (χ2n) is 4.94. The summed E-state index contributed by atoms with van der Waals surface area (Å²) in [4.78, 5) is 8.89. The summed E-state index contributed by atoms with van der Waals surface area (Å²) in [5, 5.41) is 3.34. The molecule has 1 aromatic carbocycles. The van der Waals surface area contributed by atoms with E-state index in [1.54, 1.807) is 6.20 Å². The predicted octanol–water partition coefficient (Wildman–Crippen LogP) is 4.00. The number of hydrogen-bond acceptors (Lipinski definition) is 3. The van der Waals surface area contributed by atoms with Crippen LogP contribution in [0.3, 0.4) is 0 Å². The minimum atomic E-state index is 0.889. The number of aryl methyl sites for hydroxylation is 2. The lowest BCUT2D eigenvalue weighted by Crippen LogP contribution is -2.08. The highest BCUT2D eigenvalue weighted by Crippen LogP contribution is 2.16. The van der Waals surface area contributed by atoms with Gasteiger partial charge in [0.2, 0.25) is 0 Å². The minimum Gasteiger partial charge on any atom is -0.370 e. The first kappa shape index (κ1) is 14.1. The molecule has 21 heavy (non-hydrogen) atoms. The molecule has 3 aromatic rings. The van der Waals surface area contributed by atoms with Gasteiger partial charge < -0.3 is 9.88 Å². The van der Waals surface area contributed by atoms with Crippen LogP contribution in [0.4, 0.5) is 5.82 Å². The van der Waals surface area contributed by atoms with Crippen LogP contribution in [0.15, 0.2) is 47.1 Å². The van der Waals surface area contributed by atoms with E-state index in [2.05, 4.69) is 60.9 Å². The number of para-hydroxylation sites is 2. The average Bonchev–Trinajstić information content (AvgIpc) is 2.81. The zero-order valence-corrected chi connectivity index (χ0v) is 13.5. The second kappa shape index (κ2) is 6.26. The van der Waals surface area contributed by atoms with E-state index in [0.29, 0.717) is 0 Å². The van der Waals surface area contributed by atoms with Gasteiger partial charge in [-0.15, -0.1) is 0 Å². The zero-order valence-electron chi connectivity index (χ0n) is 11.9. The Bertz CT molecular complexity index is 734. The van der Waals surface area contributed by atoms with Gasteiger partial charge in [0, 0.05) is 23.8 Å². The lowest BCUT2D eigenvalue weighted by atomic mass is 10.3. The highest BCUT2D eigenvalue weighted by atomic mass is 79.9. The molecular formula is C16H17BrN4. The maximum absolute atomic E-state index is 4.58. The third-order valence-electron chi connectivity index (χ3n) is 3.44. The largest absolute Gasteiger partial charge is 0.370 e. The summed E-state index contributed by atoms with van der Waals surface area (Å²) in [6, 6.07) is 12.2. The third kappa shape index (κ3) is 3.24. The van der Waals surface area contributed by atoms with Crippen LogP contribution < -0.4 is 5.32 Å². The normalized spacial score (nSPS) is 11.0. The van der Waals surface area contributed by atoms with Crippen LogP contribution in [0.2, 0.25) is 0 Å². The number of anilines is 1. The fraction of sp³-hybridized carbons (Fsp3) is 0.250. The summed E-state index contributed by atoms with van der Waals surface area (Å²) >= 11 is 3.38. The number of aromatic nitrogens is 3. The maximum Gasteiger partial charge on any atom is 0.125 e. The van der Waals surface area contributed by atoms with Crippen molar-refractivity contribution in [1.29, 1.82) is 0 Å². The molecule has 2 heterocycles. The van der Waals surface area contributed by atoms with Crippen LogP contribution in [-0.4, -0.2) is 21.1 Å². The van der Waals surface area contributed by atoms with E-state index in [-0.39, 0.29) is 0 Å². The molecule has 0 amide bonds. The Morgan fingerprint density at radius 3 is 2.86 bits per heavy atom. The molecule has 3 rings (SSSR count). The van der Waals surface area contributed by atoms with Crippen LogP contribution in [-0.2, 0) is 6.54 Å². The number of nitrogens with one attached hydrogen (secondary N) is 1. The van der Waals surface area contributed by atoms with Crippen molar-refractivity contribution in [2.24, 2.45) is 0 Å². The molecule has 0 unspecified atom stereocenters. The van der Waals surface area contributed by atoms with Crippen molar-refractivity contribution in [2.45, 2.75) is 19.9 Å². The first-order valence-corrected chi connectivity index (χ1v) is 7.80. The topological polar surface area (TPSA) is 42.7 Å². The predicted molar refractivity (Wildman–Crippen MR) is 89.5 cm³/mol. The van der Waals surface area contributed by atoms with Gasteiger partial charge in [-0.3, -0.25) is 0 Å². The zero-order chi connectivity index (χ0) is 14.7. The van der Waals surface area contributed by atoms with Crippen molar-refractivity contribution in [3.8, 4) is 0 Å². The first-order valence-electron chi connectivity index (χ1n) is 7.01. The number of rotatable bonds is 5. The number of halogens is 1. The van der Waals surface area contributed by atoms with Crippen molar-refractivity contribution in [3.63, 3.8) is 0 Å². The molecule has 0 bridgehead atoms. The summed E-state index contributed by atoms with van der Waals surface area (Å²) in [7, 11) is 0. The summed E-state index contributed by atoms with van der Waals surface area (Å²) in [5.74, 6) is 1.98. The van der Waals surface area contributed by atoms with Gasteiger partial charge >= 0.3 is 0 Å². The highest BCUT2D eigenvalue weighted by molar-refractivity contribution is 9.10. The van der Waals surface area contributed by atoms with E-state index < -0.39 is 0 Å². The van der Waals surface area contributed by atoms with Crippen LogP contribution in [0.25, 0.3) is 11.0 Å². The summed E-state index contributed by atoms with van der Waals surface area (Å²) in [6.45, 7) is 3.90. The molecule has 0 spiro atoms. The Labute approximate surface area is 132 Å². The lowest BCUT2D eigenvalue weighted by molar-refractivity contribution is 0.658. The maximum atomic E-state index is 4.58. The highest BCUT2D eigenvalue weighted by Gasteiger charge is 2.05. The number of hydrogen-bond donors (Lipinski definition) is 1. The van der Waals surface area contributed by atoms with Gasteiger partial charge in [-0.1, -0.05) is 12.1 Å². The van der Waals surface area contributed by atoms with Crippen molar-refractivity contribution in [2.75, 3.05) is 11.9 Å².